The lowest BCUT2D eigenvalue weighted by molar-refractivity contribution is -0.224. The SMILES string of the molecule is OCC1(C2(O)CCCOC2)CC2CCC1CC2. The predicted molar refractivity (Wildman–Crippen MR) is 64.6 cm³/mol. The summed E-state index contributed by atoms with van der Waals surface area (Å²) in [4.78, 5) is 0. The van der Waals surface area contributed by atoms with Crippen LogP contribution in [-0.4, -0.2) is 35.6 Å². The molecule has 1 saturated heterocycles. The summed E-state index contributed by atoms with van der Waals surface area (Å²) in [7, 11) is 0. The molecule has 4 fully saturated rings. The van der Waals surface area contributed by atoms with Crippen molar-refractivity contribution in [1.82, 2.24) is 0 Å². The third-order valence-corrected chi connectivity index (χ3v) is 5.71. The number of aliphatic hydroxyl groups is 2. The first-order chi connectivity index (χ1) is 8.20. The van der Waals surface area contributed by atoms with Crippen LogP contribution in [0.2, 0.25) is 0 Å². The topological polar surface area (TPSA) is 49.7 Å². The molecule has 4 aliphatic rings. The molecule has 0 aromatic carbocycles. The van der Waals surface area contributed by atoms with E-state index in [1.165, 1.54) is 25.7 Å². The zero-order chi connectivity index (χ0) is 11.9. The van der Waals surface area contributed by atoms with E-state index in [2.05, 4.69) is 0 Å². The van der Waals surface area contributed by atoms with Crippen molar-refractivity contribution in [2.45, 2.75) is 50.5 Å². The van der Waals surface area contributed by atoms with E-state index in [0.717, 1.165) is 31.8 Å². The van der Waals surface area contributed by atoms with Gasteiger partial charge in [-0.1, -0.05) is 12.8 Å². The van der Waals surface area contributed by atoms with E-state index in [4.69, 9.17) is 4.74 Å². The fourth-order valence-corrected chi connectivity index (χ4v) is 4.68. The maximum Gasteiger partial charge on any atom is 0.0961 e. The van der Waals surface area contributed by atoms with E-state index in [1.807, 2.05) is 0 Å². The molecule has 0 spiro atoms. The Morgan fingerprint density at radius 2 is 1.94 bits per heavy atom. The summed E-state index contributed by atoms with van der Waals surface area (Å²) in [6, 6.07) is 0. The van der Waals surface area contributed by atoms with Crippen molar-refractivity contribution >= 4 is 0 Å². The average molecular weight is 240 g/mol. The first-order valence-electron chi connectivity index (χ1n) is 7.11. The van der Waals surface area contributed by atoms with Gasteiger partial charge in [-0.2, -0.15) is 0 Å². The molecule has 0 aromatic heterocycles. The number of hydrogen-bond donors (Lipinski definition) is 2. The number of rotatable bonds is 2. The zero-order valence-corrected chi connectivity index (χ0v) is 10.5. The Balaban J connectivity index is 1.90. The third-order valence-electron chi connectivity index (χ3n) is 5.71. The molecule has 0 aromatic rings. The summed E-state index contributed by atoms with van der Waals surface area (Å²) in [5.74, 6) is 1.22. The molecule has 0 radical (unpaired) electrons. The minimum absolute atomic E-state index is 0.133. The van der Waals surface area contributed by atoms with Crippen molar-refractivity contribution in [3.05, 3.63) is 0 Å². The van der Waals surface area contributed by atoms with Crippen molar-refractivity contribution < 1.29 is 14.9 Å². The Morgan fingerprint density at radius 3 is 2.41 bits per heavy atom. The summed E-state index contributed by atoms with van der Waals surface area (Å²) in [6.07, 6.45) is 7.70. The highest BCUT2D eigenvalue weighted by molar-refractivity contribution is 5.08. The summed E-state index contributed by atoms with van der Waals surface area (Å²) >= 11 is 0. The van der Waals surface area contributed by atoms with Crippen LogP contribution in [0.4, 0.5) is 0 Å². The van der Waals surface area contributed by atoms with Crippen LogP contribution >= 0.6 is 0 Å². The van der Waals surface area contributed by atoms with Gasteiger partial charge in [0, 0.05) is 12.0 Å². The van der Waals surface area contributed by atoms with Crippen LogP contribution in [-0.2, 0) is 4.74 Å². The zero-order valence-electron chi connectivity index (χ0n) is 10.5. The lowest BCUT2D eigenvalue weighted by atomic mass is 9.49. The molecule has 2 unspecified atom stereocenters. The maximum absolute atomic E-state index is 11.0. The Bertz CT molecular complexity index is 277. The lowest BCUT2D eigenvalue weighted by Gasteiger charge is -2.59. The van der Waals surface area contributed by atoms with Crippen molar-refractivity contribution in [2.24, 2.45) is 17.3 Å². The molecule has 3 aliphatic carbocycles. The molecule has 2 bridgehead atoms. The van der Waals surface area contributed by atoms with Gasteiger partial charge in [-0.05, 0) is 43.9 Å². The van der Waals surface area contributed by atoms with Crippen LogP contribution in [0.25, 0.3) is 0 Å². The second kappa shape index (κ2) is 4.22. The standard InChI is InChI=1S/C14H24O3/c15-9-13(14(16)6-1-7-17-10-14)8-11-2-4-12(13)5-3-11/h11-12,15-16H,1-10H2. The molecule has 1 heterocycles. The van der Waals surface area contributed by atoms with Crippen molar-refractivity contribution in [2.75, 3.05) is 19.8 Å². The van der Waals surface area contributed by atoms with Crippen LogP contribution < -0.4 is 0 Å². The van der Waals surface area contributed by atoms with Crippen molar-refractivity contribution in [3.8, 4) is 0 Å². The summed E-state index contributed by atoms with van der Waals surface area (Å²) in [5.41, 5.74) is -1.04. The minimum atomic E-state index is -0.774. The molecule has 2 atom stereocenters. The monoisotopic (exact) mass is 240 g/mol. The highest BCUT2D eigenvalue weighted by Crippen LogP contribution is 2.58. The fraction of sp³-hybridized carbons (Fsp3) is 1.00. The van der Waals surface area contributed by atoms with Crippen LogP contribution in [0.3, 0.4) is 0 Å². The molecule has 17 heavy (non-hydrogen) atoms. The molecule has 1 aliphatic heterocycles. The first-order valence-corrected chi connectivity index (χ1v) is 7.11. The van der Waals surface area contributed by atoms with Gasteiger partial charge in [-0.3, -0.25) is 0 Å². The van der Waals surface area contributed by atoms with Gasteiger partial charge < -0.3 is 14.9 Å². The van der Waals surface area contributed by atoms with Gasteiger partial charge in [0.2, 0.25) is 0 Å². The molecule has 0 amide bonds. The van der Waals surface area contributed by atoms with Crippen LogP contribution in [0.15, 0.2) is 0 Å². The number of aliphatic hydroxyl groups excluding tert-OH is 1. The largest absolute Gasteiger partial charge is 0.396 e. The number of ether oxygens (including phenoxy) is 1. The van der Waals surface area contributed by atoms with E-state index in [-0.39, 0.29) is 12.0 Å². The Hall–Kier alpha value is -0.120. The second-order valence-electron chi connectivity index (χ2n) is 6.42. The fourth-order valence-electron chi connectivity index (χ4n) is 4.68. The third kappa shape index (κ3) is 1.66. The van der Waals surface area contributed by atoms with Gasteiger partial charge in [0.05, 0.1) is 18.8 Å². The molecule has 2 N–H and O–H groups in total. The van der Waals surface area contributed by atoms with Gasteiger partial charge in [0.25, 0.3) is 0 Å². The summed E-state index contributed by atoms with van der Waals surface area (Å²) < 4.78 is 5.51. The Kier molecular flexibility index (Phi) is 2.96. The molecular formula is C14H24O3. The number of hydrogen-bond acceptors (Lipinski definition) is 3. The van der Waals surface area contributed by atoms with Gasteiger partial charge in [0.1, 0.15) is 0 Å². The summed E-state index contributed by atoms with van der Waals surface area (Å²) in [5, 5.41) is 20.9. The Labute approximate surface area is 103 Å². The molecule has 3 saturated carbocycles. The van der Waals surface area contributed by atoms with Crippen LogP contribution in [0, 0.1) is 17.3 Å². The van der Waals surface area contributed by atoms with Crippen molar-refractivity contribution in [1.29, 1.82) is 0 Å². The molecule has 98 valence electrons. The van der Waals surface area contributed by atoms with E-state index in [0.29, 0.717) is 12.5 Å². The molecule has 3 nitrogen and oxygen atoms in total. The quantitative estimate of drug-likeness (QED) is 0.772. The van der Waals surface area contributed by atoms with E-state index in [9.17, 15) is 10.2 Å². The van der Waals surface area contributed by atoms with Gasteiger partial charge in [-0.15, -0.1) is 0 Å². The Morgan fingerprint density at radius 1 is 1.18 bits per heavy atom. The van der Waals surface area contributed by atoms with Gasteiger partial charge >= 0.3 is 0 Å². The minimum Gasteiger partial charge on any atom is -0.396 e. The highest BCUT2D eigenvalue weighted by atomic mass is 16.5. The highest BCUT2D eigenvalue weighted by Gasteiger charge is 2.59. The predicted octanol–water partition coefficient (Wildman–Crippen LogP) is 1.72. The van der Waals surface area contributed by atoms with Gasteiger partial charge in [-0.25, -0.2) is 0 Å². The number of fused-ring (bicyclic) bond motifs is 3. The van der Waals surface area contributed by atoms with Crippen LogP contribution in [0.5, 0.6) is 0 Å². The molecule has 4 rings (SSSR count). The average Bonchev–Trinajstić information content (AvgIpc) is 2.40. The smallest absolute Gasteiger partial charge is 0.0961 e. The second-order valence-corrected chi connectivity index (χ2v) is 6.42. The first kappa shape index (κ1) is 11.9. The van der Waals surface area contributed by atoms with E-state index >= 15 is 0 Å². The van der Waals surface area contributed by atoms with Crippen molar-refractivity contribution in [3.63, 3.8) is 0 Å². The van der Waals surface area contributed by atoms with E-state index < -0.39 is 5.60 Å². The van der Waals surface area contributed by atoms with Gasteiger partial charge in [0.15, 0.2) is 0 Å². The summed E-state index contributed by atoms with van der Waals surface area (Å²) in [6.45, 7) is 1.32. The maximum atomic E-state index is 11.0. The molecule has 3 heteroatoms. The molecular weight excluding hydrogens is 216 g/mol. The van der Waals surface area contributed by atoms with E-state index in [1.54, 1.807) is 0 Å². The normalized spacial score (nSPS) is 50.5. The van der Waals surface area contributed by atoms with Crippen LogP contribution in [0.1, 0.15) is 44.9 Å². The lowest BCUT2D eigenvalue weighted by Crippen LogP contribution is -2.62.